The van der Waals surface area contributed by atoms with E-state index in [1.807, 2.05) is 0 Å². The molecular formula is C24H24F2N6O3. The number of aromatic nitrogens is 2. The van der Waals surface area contributed by atoms with Crippen LogP contribution < -0.4 is 26.0 Å². The van der Waals surface area contributed by atoms with Crippen molar-refractivity contribution in [3.63, 3.8) is 0 Å². The van der Waals surface area contributed by atoms with Crippen LogP contribution in [0.15, 0.2) is 61.3 Å². The molecule has 1 aliphatic heterocycles. The Morgan fingerprint density at radius 3 is 2.71 bits per heavy atom. The summed E-state index contributed by atoms with van der Waals surface area (Å²) in [5, 5.41) is 20.6. The first kappa shape index (κ1) is 24.0. The SMILES string of the molecule is C=CC(=O)Nc1cccc(Nc2nc(Nc3ccc(O[C@H]4CN[C@H](CO)C4)c(F)c3)ncc2F)c1. The summed E-state index contributed by atoms with van der Waals surface area (Å²) in [6, 6.07) is 10.9. The van der Waals surface area contributed by atoms with Crippen LogP contribution >= 0.6 is 0 Å². The van der Waals surface area contributed by atoms with E-state index in [1.165, 1.54) is 12.1 Å². The smallest absolute Gasteiger partial charge is 0.247 e. The first-order chi connectivity index (χ1) is 16.9. The molecule has 35 heavy (non-hydrogen) atoms. The third kappa shape index (κ3) is 6.28. The second kappa shape index (κ2) is 10.9. The number of benzene rings is 2. The Bertz CT molecular complexity index is 1230. The molecule has 3 aromatic rings. The maximum absolute atomic E-state index is 14.6. The predicted octanol–water partition coefficient (Wildman–Crippen LogP) is 3.47. The topological polar surface area (TPSA) is 120 Å². The summed E-state index contributed by atoms with van der Waals surface area (Å²) in [4.78, 5) is 19.5. The summed E-state index contributed by atoms with van der Waals surface area (Å²) < 4.78 is 34.6. The Hall–Kier alpha value is -4.09. The molecule has 0 aliphatic carbocycles. The van der Waals surface area contributed by atoms with Crippen molar-refractivity contribution in [2.75, 3.05) is 29.1 Å². The Labute approximate surface area is 200 Å². The van der Waals surface area contributed by atoms with Crippen LogP contribution in [0.2, 0.25) is 0 Å². The number of aliphatic hydroxyl groups excluding tert-OH is 1. The van der Waals surface area contributed by atoms with Gasteiger partial charge in [0.15, 0.2) is 23.2 Å². The molecule has 1 fully saturated rings. The van der Waals surface area contributed by atoms with Crippen LogP contribution in [-0.4, -0.2) is 46.3 Å². The van der Waals surface area contributed by atoms with Crippen LogP contribution in [0, 0.1) is 11.6 Å². The molecule has 0 unspecified atom stereocenters. The van der Waals surface area contributed by atoms with Gasteiger partial charge in [-0.3, -0.25) is 4.79 Å². The first-order valence-corrected chi connectivity index (χ1v) is 10.8. The maximum Gasteiger partial charge on any atom is 0.247 e. The van der Waals surface area contributed by atoms with Gasteiger partial charge in [0.2, 0.25) is 11.9 Å². The van der Waals surface area contributed by atoms with Gasteiger partial charge >= 0.3 is 0 Å². The third-order valence-corrected chi connectivity index (χ3v) is 5.21. The summed E-state index contributed by atoms with van der Waals surface area (Å²) in [5.41, 5.74) is 1.32. The number of nitrogens with one attached hydrogen (secondary N) is 4. The molecule has 2 aromatic carbocycles. The Morgan fingerprint density at radius 2 is 1.97 bits per heavy atom. The van der Waals surface area contributed by atoms with Gasteiger partial charge in [0, 0.05) is 42.1 Å². The molecule has 9 nitrogen and oxygen atoms in total. The van der Waals surface area contributed by atoms with E-state index in [0.29, 0.717) is 30.0 Å². The number of hydrogen-bond acceptors (Lipinski definition) is 8. The molecule has 1 saturated heterocycles. The highest BCUT2D eigenvalue weighted by Crippen LogP contribution is 2.27. The molecule has 2 atom stereocenters. The Morgan fingerprint density at radius 1 is 1.17 bits per heavy atom. The number of nitrogens with zero attached hydrogens (tertiary/aromatic N) is 2. The lowest BCUT2D eigenvalue weighted by Gasteiger charge is -2.14. The molecule has 5 N–H and O–H groups in total. The van der Waals surface area contributed by atoms with Gasteiger partial charge in [-0.2, -0.15) is 4.98 Å². The molecule has 0 radical (unpaired) electrons. The number of rotatable bonds is 9. The normalized spacial score (nSPS) is 17.0. The highest BCUT2D eigenvalue weighted by Gasteiger charge is 2.25. The van der Waals surface area contributed by atoms with E-state index in [4.69, 9.17) is 4.74 Å². The van der Waals surface area contributed by atoms with Gasteiger partial charge in [0.25, 0.3) is 0 Å². The number of anilines is 5. The fourth-order valence-corrected chi connectivity index (χ4v) is 3.51. The molecule has 2 heterocycles. The minimum Gasteiger partial charge on any atom is -0.486 e. The van der Waals surface area contributed by atoms with E-state index in [1.54, 1.807) is 30.3 Å². The summed E-state index contributed by atoms with van der Waals surface area (Å²) in [6.45, 7) is 3.92. The molecule has 1 amide bonds. The molecule has 0 saturated carbocycles. The van der Waals surface area contributed by atoms with Gasteiger partial charge in [0.05, 0.1) is 12.8 Å². The second-order valence-electron chi connectivity index (χ2n) is 7.82. The van der Waals surface area contributed by atoms with E-state index < -0.39 is 11.6 Å². The van der Waals surface area contributed by atoms with Gasteiger partial charge in [-0.25, -0.2) is 13.8 Å². The maximum atomic E-state index is 14.6. The minimum atomic E-state index is -0.697. The highest BCUT2D eigenvalue weighted by atomic mass is 19.1. The lowest BCUT2D eigenvalue weighted by atomic mass is 10.2. The molecule has 182 valence electrons. The lowest BCUT2D eigenvalue weighted by molar-refractivity contribution is -0.111. The average Bonchev–Trinajstić information content (AvgIpc) is 3.31. The molecule has 0 spiro atoms. The number of carbonyl (C=O) groups excluding carboxylic acids is 1. The van der Waals surface area contributed by atoms with Crippen molar-refractivity contribution < 1.29 is 23.4 Å². The Kier molecular flexibility index (Phi) is 7.48. The van der Waals surface area contributed by atoms with E-state index >= 15 is 0 Å². The molecule has 0 bridgehead atoms. The average molecular weight is 482 g/mol. The zero-order valence-corrected chi connectivity index (χ0v) is 18.6. The van der Waals surface area contributed by atoms with Crippen molar-refractivity contribution in [2.24, 2.45) is 0 Å². The van der Waals surface area contributed by atoms with E-state index in [9.17, 15) is 18.7 Å². The number of ether oxygens (including phenoxy) is 1. The second-order valence-corrected chi connectivity index (χ2v) is 7.82. The van der Waals surface area contributed by atoms with E-state index in [0.717, 1.165) is 12.3 Å². The number of carbonyl (C=O) groups is 1. The molecular weight excluding hydrogens is 458 g/mol. The zero-order valence-electron chi connectivity index (χ0n) is 18.6. The highest BCUT2D eigenvalue weighted by molar-refractivity contribution is 5.99. The molecule has 4 rings (SSSR count). The van der Waals surface area contributed by atoms with E-state index in [-0.39, 0.29) is 42.2 Å². The van der Waals surface area contributed by atoms with Crippen molar-refractivity contribution in [3.05, 3.63) is 73.0 Å². The van der Waals surface area contributed by atoms with Crippen LogP contribution in [0.1, 0.15) is 6.42 Å². The van der Waals surface area contributed by atoms with E-state index in [2.05, 4.69) is 37.8 Å². The van der Waals surface area contributed by atoms with Crippen molar-refractivity contribution in [3.8, 4) is 5.75 Å². The van der Waals surface area contributed by atoms with Crippen LogP contribution in [0.3, 0.4) is 0 Å². The van der Waals surface area contributed by atoms with Gasteiger partial charge in [-0.15, -0.1) is 0 Å². The quantitative estimate of drug-likeness (QED) is 0.294. The van der Waals surface area contributed by atoms with Gasteiger partial charge < -0.3 is 31.1 Å². The lowest BCUT2D eigenvalue weighted by Crippen LogP contribution is -2.25. The fraction of sp³-hybridized carbons (Fsp3) is 0.208. The van der Waals surface area contributed by atoms with Crippen molar-refractivity contribution in [1.82, 2.24) is 15.3 Å². The van der Waals surface area contributed by atoms with Gasteiger partial charge in [-0.1, -0.05) is 12.6 Å². The largest absolute Gasteiger partial charge is 0.486 e. The standard InChI is InChI=1S/C24H24F2N6O3/c1-2-22(34)29-14-4-3-5-15(8-14)30-23-20(26)12-28-24(32-23)31-16-6-7-21(19(25)10-16)35-18-9-17(13-33)27-11-18/h2-8,10,12,17-18,27,33H,1,9,11,13H2,(H,29,34)(H2,28,30,31,32)/t17-,18+/m0/s1. The minimum absolute atomic E-state index is 0.00295. The number of aliphatic hydroxyl groups is 1. The van der Waals surface area contributed by atoms with Crippen LogP contribution in [-0.2, 0) is 4.79 Å². The van der Waals surface area contributed by atoms with Gasteiger partial charge in [0.1, 0.15) is 6.10 Å². The van der Waals surface area contributed by atoms with Gasteiger partial charge in [-0.05, 0) is 36.4 Å². The number of halogens is 2. The fourth-order valence-electron chi connectivity index (χ4n) is 3.51. The predicted molar refractivity (Wildman–Crippen MR) is 128 cm³/mol. The summed E-state index contributed by atoms with van der Waals surface area (Å²) in [5.74, 6) is -1.63. The van der Waals surface area contributed by atoms with Crippen molar-refractivity contribution >= 4 is 34.7 Å². The summed E-state index contributed by atoms with van der Waals surface area (Å²) >= 11 is 0. The first-order valence-electron chi connectivity index (χ1n) is 10.8. The summed E-state index contributed by atoms with van der Waals surface area (Å²) in [6.07, 6.45) is 2.47. The zero-order chi connectivity index (χ0) is 24.8. The third-order valence-electron chi connectivity index (χ3n) is 5.21. The number of hydrogen-bond donors (Lipinski definition) is 5. The Balaban J connectivity index is 1.43. The van der Waals surface area contributed by atoms with Crippen molar-refractivity contribution in [1.29, 1.82) is 0 Å². The summed E-state index contributed by atoms with van der Waals surface area (Å²) in [7, 11) is 0. The van der Waals surface area contributed by atoms with Crippen LogP contribution in [0.25, 0.3) is 0 Å². The number of amides is 1. The molecule has 1 aromatic heterocycles. The molecule has 11 heteroatoms. The van der Waals surface area contributed by atoms with Crippen molar-refractivity contribution in [2.45, 2.75) is 18.6 Å². The monoisotopic (exact) mass is 482 g/mol. The van der Waals surface area contributed by atoms with Crippen LogP contribution in [0.4, 0.5) is 37.6 Å². The molecule has 1 aliphatic rings. The van der Waals surface area contributed by atoms with Crippen LogP contribution in [0.5, 0.6) is 5.75 Å².